The van der Waals surface area contributed by atoms with Gasteiger partial charge in [0.1, 0.15) is 6.33 Å². The summed E-state index contributed by atoms with van der Waals surface area (Å²) < 4.78 is 1.80. The standard InChI is InChI=1S/C16H14ClN5OS/c17-13-4-1-5-14(7-13)22-11-20-21-16(22)24-10-15(23)19-9-12-3-2-6-18-8-12/h1-8,11H,9-10H2,(H,19,23). The maximum absolute atomic E-state index is 12.0. The Kier molecular flexibility index (Phi) is 5.45. The summed E-state index contributed by atoms with van der Waals surface area (Å²) in [5.41, 5.74) is 1.81. The first-order valence-electron chi connectivity index (χ1n) is 7.17. The molecular weight excluding hydrogens is 346 g/mol. The minimum Gasteiger partial charge on any atom is -0.351 e. The normalized spacial score (nSPS) is 10.5. The molecule has 0 atom stereocenters. The summed E-state index contributed by atoms with van der Waals surface area (Å²) in [6, 6.07) is 11.1. The number of carbonyl (C=O) groups excluding carboxylic acids is 1. The highest BCUT2D eigenvalue weighted by molar-refractivity contribution is 7.99. The van der Waals surface area contributed by atoms with Crippen LogP contribution in [-0.2, 0) is 11.3 Å². The van der Waals surface area contributed by atoms with Crippen LogP contribution in [0.5, 0.6) is 0 Å². The van der Waals surface area contributed by atoms with Gasteiger partial charge in [0.2, 0.25) is 5.91 Å². The monoisotopic (exact) mass is 359 g/mol. The molecule has 8 heteroatoms. The molecule has 0 aliphatic carbocycles. The molecule has 1 N–H and O–H groups in total. The highest BCUT2D eigenvalue weighted by Gasteiger charge is 2.10. The van der Waals surface area contributed by atoms with Gasteiger partial charge in [-0.3, -0.25) is 14.3 Å². The van der Waals surface area contributed by atoms with Crippen LogP contribution in [0.25, 0.3) is 5.69 Å². The van der Waals surface area contributed by atoms with Crippen molar-refractivity contribution >= 4 is 29.3 Å². The SMILES string of the molecule is O=C(CSc1nncn1-c1cccc(Cl)c1)NCc1cccnc1. The molecule has 24 heavy (non-hydrogen) atoms. The summed E-state index contributed by atoms with van der Waals surface area (Å²) in [5.74, 6) is 0.170. The van der Waals surface area contributed by atoms with Gasteiger partial charge in [0, 0.05) is 24.0 Å². The van der Waals surface area contributed by atoms with Crippen molar-refractivity contribution < 1.29 is 4.79 Å². The van der Waals surface area contributed by atoms with Crippen molar-refractivity contribution in [2.24, 2.45) is 0 Å². The van der Waals surface area contributed by atoms with E-state index in [9.17, 15) is 4.79 Å². The van der Waals surface area contributed by atoms with E-state index < -0.39 is 0 Å². The van der Waals surface area contributed by atoms with Gasteiger partial charge >= 0.3 is 0 Å². The average Bonchev–Trinajstić information content (AvgIpc) is 3.08. The smallest absolute Gasteiger partial charge is 0.230 e. The zero-order valence-electron chi connectivity index (χ0n) is 12.6. The quantitative estimate of drug-likeness (QED) is 0.685. The maximum atomic E-state index is 12.0. The van der Waals surface area contributed by atoms with Crippen LogP contribution in [-0.4, -0.2) is 31.4 Å². The summed E-state index contributed by atoms with van der Waals surface area (Å²) >= 11 is 7.33. The molecule has 6 nitrogen and oxygen atoms in total. The molecule has 0 spiro atoms. The van der Waals surface area contributed by atoms with Crippen LogP contribution in [0.15, 0.2) is 60.3 Å². The first kappa shape index (κ1) is 16.5. The van der Waals surface area contributed by atoms with Crippen LogP contribution >= 0.6 is 23.4 Å². The fourth-order valence-electron chi connectivity index (χ4n) is 2.01. The molecule has 1 amide bonds. The first-order chi connectivity index (χ1) is 11.7. The Morgan fingerprint density at radius 2 is 2.21 bits per heavy atom. The van der Waals surface area contributed by atoms with Crippen molar-refractivity contribution in [1.82, 2.24) is 25.1 Å². The molecule has 0 saturated heterocycles. The number of halogens is 1. The Bertz CT molecular complexity index is 824. The predicted molar refractivity (Wildman–Crippen MR) is 93.2 cm³/mol. The van der Waals surface area contributed by atoms with Crippen molar-refractivity contribution in [3.05, 3.63) is 65.7 Å². The molecule has 2 heterocycles. The lowest BCUT2D eigenvalue weighted by Gasteiger charge is -2.07. The third-order valence-electron chi connectivity index (χ3n) is 3.15. The highest BCUT2D eigenvalue weighted by Crippen LogP contribution is 2.21. The lowest BCUT2D eigenvalue weighted by Crippen LogP contribution is -2.24. The molecule has 122 valence electrons. The molecule has 3 aromatic rings. The first-order valence-corrected chi connectivity index (χ1v) is 8.53. The third-order valence-corrected chi connectivity index (χ3v) is 4.33. The lowest BCUT2D eigenvalue weighted by molar-refractivity contribution is -0.118. The Morgan fingerprint density at radius 3 is 3.00 bits per heavy atom. The molecule has 0 aliphatic heterocycles. The summed E-state index contributed by atoms with van der Waals surface area (Å²) in [4.78, 5) is 16.0. The van der Waals surface area contributed by atoms with Gasteiger partial charge in [0.15, 0.2) is 5.16 Å². The number of carbonyl (C=O) groups is 1. The van der Waals surface area contributed by atoms with Gasteiger partial charge in [-0.25, -0.2) is 0 Å². The van der Waals surface area contributed by atoms with E-state index in [1.54, 1.807) is 29.4 Å². The van der Waals surface area contributed by atoms with E-state index in [1.165, 1.54) is 11.8 Å². The Hall–Kier alpha value is -2.38. The minimum absolute atomic E-state index is 0.0792. The van der Waals surface area contributed by atoms with Crippen LogP contribution in [0.4, 0.5) is 0 Å². The molecule has 0 bridgehead atoms. The zero-order chi connectivity index (χ0) is 16.8. The van der Waals surface area contributed by atoms with Gasteiger partial charge in [-0.1, -0.05) is 35.5 Å². The van der Waals surface area contributed by atoms with E-state index in [4.69, 9.17) is 11.6 Å². The van der Waals surface area contributed by atoms with Gasteiger partial charge in [-0.05, 0) is 29.8 Å². The second kappa shape index (κ2) is 7.94. The third kappa shape index (κ3) is 4.33. The Labute approximate surface area is 148 Å². The van der Waals surface area contributed by atoms with Crippen molar-refractivity contribution in [3.63, 3.8) is 0 Å². The average molecular weight is 360 g/mol. The minimum atomic E-state index is -0.0792. The fraction of sp³-hybridized carbons (Fsp3) is 0.125. The second-order valence-corrected chi connectivity index (χ2v) is 6.27. The fourth-order valence-corrected chi connectivity index (χ4v) is 2.95. The van der Waals surface area contributed by atoms with Gasteiger partial charge < -0.3 is 5.32 Å². The van der Waals surface area contributed by atoms with Crippen LogP contribution in [0.1, 0.15) is 5.56 Å². The molecule has 3 rings (SSSR count). The van der Waals surface area contributed by atoms with Gasteiger partial charge in [-0.15, -0.1) is 10.2 Å². The largest absolute Gasteiger partial charge is 0.351 e. The van der Waals surface area contributed by atoms with E-state index in [-0.39, 0.29) is 11.7 Å². The molecule has 2 aromatic heterocycles. The molecule has 0 aliphatic rings. The van der Waals surface area contributed by atoms with Gasteiger partial charge in [0.05, 0.1) is 11.4 Å². The lowest BCUT2D eigenvalue weighted by atomic mass is 10.3. The topological polar surface area (TPSA) is 72.7 Å². The number of hydrogen-bond acceptors (Lipinski definition) is 5. The zero-order valence-corrected chi connectivity index (χ0v) is 14.2. The number of nitrogens with one attached hydrogen (secondary N) is 1. The number of nitrogens with zero attached hydrogens (tertiary/aromatic N) is 4. The number of rotatable bonds is 6. The van der Waals surface area contributed by atoms with Crippen LogP contribution in [0, 0.1) is 0 Å². The maximum Gasteiger partial charge on any atom is 0.230 e. The predicted octanol–water partition coefficient (Wildman–Crippen LogP) is 2.72. The van der Waals surface area contributed by atoms with Gasteiger partial charge in [0.25, 0.3) is 0 Å². The van der Waals surface area contributed by atoms with E-state index in [2.05, 4.69) is 20.5 Å². The van der Waals surface area contributed by atoms with Gasteiger partial charge in [-0.2, -0.15) is 0 Å². The molecule has 0 fully saturated rings. The molecule has 0 unspecified atom stereocenters. The van der Waals surface area contributed by atoms with Crippen LogP contribution < -0.4 is 5.32 Å². The van der Waals surface area contributed by atoms with Crippen molar-refractivity contribution in [2.75, 3.05) is 5.75 Å². The van der Waals surface area contributed by atoms with Crippen molar-refractivity contribution in [2.45, 2.75) is 11.7 Å². The Morgan fingerprint density at radius 1 is 1.29 bits per heavy atom. The van der Waals surface area contributed by atoms with E-state index in [0.29, 0.717) is 16.7 Å². The van der Waals surface area contributed by atoms with Crippen molar-refractivity contribution in [1.29, 1.82) is 0 Å². The summed E-state index contributed by atoms with van der Waals surface area (Å²) in [5, 5.41) is 12.1. The van der Waals surface area contributed by atoms with Crippen LogP contribution in [0.3, 0.4) is 0 Å². The number of hydrogen-bond donors (Lipinski definition) is 1. The number of amides is 1. The molecule has 1 aromatic carbocycles. The molecular formula is C16H14ClN5OS. The summed E-state index contributed by atoms with van der Waals surface area (Å²) in [7, 11) is 0. The number of thioether (sulfide) groups is 1. The number of pyridine rings is 1. The molecule has 0 radical (unpaired) electrons. The van der Waals surface area contributed by atoms with E-state index >= 15 is 0 Å². The summed E-state index contributed by atoms with van der Waals surface area (Å²) in [6.07, 6.45) is 5.02. The van der Waals surface area contributed by atoms with E-state index in [0.717, 1.165) is 11.3 Å². The second-order valence-electron chi connectivity index (χ2n) is 4.89. The number of benzene rings is 1. The van der Waals surface area contributed by atoms with Crippen LogP contribution in [0.2, 0.25) is 5.02 Å². The number of aromatic nitrogens is 4. The highest BCUT2D eigenvalue weighted by atomic mass is 35.5. The molecule has 0 saturated carbocycles. The van der Waals surface area contributed by atoms with E-state index in [1.807, 2.05) is 30.3 Å². The van der Waals surface area contributed by atoms with Crippen molar-refractivity contribution in [3.8, 4) is 5.69 Å². The Balaban J connectivity index is 1.57. The summed E-state index contributed by atoms with van der Waals surface area (Å²) in [6.45, 7) is 0.453.